The molecule has 4 rings (SSSR count). The molecule has 2 atom stereocenters. The van der Waals surface area contributed by atoms with Crippen molar-refractivity contribution in [1.29, 1.82) is 0 Å². The van der Waals surface area contributed by atoms with Gasteiger partial charge in [-0.3, -0.25) is 0 Å². The second kappa shape index (κ2) is 6.21. The molecule has 2 bridgehead atoms. The second-order valence-electron chi connectivity index (χ2n) is 6.99. The summed E-state index contributed by atoms with van der Waals surface area (Å²) in [4.78, 5) is 18.2. The van der Waals surface area contributed by atoms with E-state index in [0.29, 0.717) is 17.7 Å². The molecule has 0 spiro atoms. The minimum absolute atomic E-state index is 0.0420. The van der Waals surface area contributed by atoms with Gasteiger partial charge in [-0.25, -0.2) is 9.78 Å². The number of amides is 2. The smallest absolute Gasteiger partial charge is 0.314 e. The fourth-order valence-corrected chi connectivity index (χ4v) is 4.17. The highest BCUT2D eigenvalue weighted by molar-refractivity contribution is 5.90. The van der Waals surface area contributed by atoms with E-state index in [4.69, 9.17) is 0 Å². The molecule has 0 radical (unpaired) electrons. The van der Waals surface area contributed by atoms with Crippen molar-refractivity contribution < 1.29 is 22.4 Å². The van der Waals surface area contributed by atoms with Gasteiger partial charge >= 0.3 is 12.2 Å². The average molecular weight is 379 g/mol. The molecule has 2 aromatic rings. The van der Waals surface area contributed by atoms with E-state index in [-0.39, 0.29) is 23.7 Å². The highest BCUT2D eigenvalue weighted by atomic mass is 19.4. The molecule has 1 saturated heterocycles. The van der Waals surface area contributed by atoms with E-state index in [1.54, 1.807) is 11.0 Å². The van der Waals surface area contributed by atoms with Crippen LogP contribution >= 0.6 is 0 Å². The predicted molar refractivity (Wildman–Crippen MR) is 90.7 cm³/mol. The molecule has 1 fully saturated rings. The van der Waals surface area contributed by atoms with E-state index in [1.165, 1.54) is 25.3 Å². The van der Waals surface area contributed by atoms with Crippen molar-refractivity contribution in [1.82, 2.24) is 9.88 Å². The molecule has 8 heteroatoms. The lowest BCUT2D eigenvalue weighted by Crippen LogP contribution is -2.44. The number of hydrogen-bond acceptors (Lipinski definition) is 2. The van der Waals surface area contributed by atoms with E-state index >= 15 is 0 Å². The van der Waals surface area contributed by atoms with Crippen molar-refractivity contribution in [2.24, 2.45) is 0 Å². The van der Waals surface area contributed by atoms with Crippen LogP contribution in [0.4, 0.5) is 28.0 Å². The highest BCUT2D eigenvalue weighted by Gasteiger charge is 2.43. The van der Waals surface area contributed by atoms with Gasteiger partial charge in [-0.15, -0.1) is 0 Å². The Morgan fingerprint density at radius 1 is 1.26 bits per heavy atom. The van der Waals surface area contributed by atoms with Crippen LogP contribution in [0.3, 0.4) is 0 Å². The monoisotopic (exact) mass is 379 g/mol. The van der Waals surface area contributed by atoms with E-state index in [9.17, 15) is 22.4 Å². The van der Waals surface area contributed by atoms with Crippen molar-refractivity contribution in [3.8, 4) is 0 Å². The quantitative estimate of drug-likeness (QED) is 0.569. The third-order valence-corrected chi connectivity index (χ3v) is 5.36. The number of halogens is 4. The largest absolute Gasteiger partial charge is 0.416 e. The van der Waals surface area contributed by atoms with E-state index in [2.05, 4.69) is 10.3 Å². The molecule has 2 aliphatic heterocycles. The van der Waals surface area contributed by atoms with Crippen LogP contribution in [-0.4, -0.2) is 22.0 Å². The van der Waals surface area contributed by atoms with Crippen molar-refractivity contribution in [2.75, 3.05) is 5.32 Å². The Morgan fingerprint density at radius 3 is 2.74 bits per heavy atom. The number of urea groups is 1. The maximum Gasteiger partial charge on any atom is 0.416 e. The Balaban J connectivity index is 1.57. The first-order chi connectivity index (χ1) is 12.8. The summed E-state index contributed by atoms with van der Waals surface area (Å²) in [6, 6.07) is 4.48. The van der Waals surface area contributed by atoms with Crippen LogP contribution < -0.4 is 5.32 Å². The number of carbonyl (C=O) groups excluding carboxylic acids is 1. The molecule has 2 aliphatic rings. The third kappa shape index (κ3) is 3.02. The summed E-state index contributed by atoms with van der Waals surface area (Å²) in [5, 5.41) is 2.69. The number of aromatic nitrogens is 1. The van der Waals surface area contributed by atoms with Gasteiger partial charge in [0, 0.05) is 23.5 Å². The molecule has 1 aromatic heterocycles. The molecule has 27 heavy (non-hydrogen) atoms. The zero-order valence-corrected chi connectivity index (χ0v) is 14.5. The SMILES string of the molecule is Cc1cc(NC(=O)N2C3CCC2c2ccnc(F)c2C3)ccc1C(F)(F)F. The number of nitrogens with one attached hydrogen (secondary N) is 1. The summed E-state index contributed by atoms with van der Waals surface area (Å²) < 4.78 is 52.6. The van der Waals surface area contributed by atoms with Gasteiger partial charge in [0.2, 0.25) is 5.95 Å². The standard InChI is InChI=1S/C19H17F4N3O/c1-10-8-11(2-4-15(10)19(21,22)23)25-18(27)26-12-3-5-16(26)13-6-7-24-17(20)14(13)9-12/h2,4,6-8,12,16H,3,5,9H2,1H3,(H,25,27). The van der Waals surface area contributed by atoms with E-state index in [1.807, 2.05) is 0 Å². The Morgan fingerprint density at radius 2 is 2.04 bits per heavy atom. The minimum atomic E-state index is -4.43. The molecular formula is C19H17F4N3O. The summed E-state index contributed by atoms with van der Waals surface area (Å²) >= 11 is 0. The van der Waals surface area contributed by atoms with Gasteiger partial charge in [0.15, 0.2) is 0 Å². The molecular weight excluding hydrogens is 362 g/mol. The van der Waals surface area contributed by atoms with E-state index in [0.717, 1.165) is 24.5 Å². The number of rotatable bonds is 1. The maximum absolute atomic E-state index is 14.0. The first-order valence-corrected chi connectivity index (χ1v) is 8.66. The van der Waals surface area contributed by atoms with Crippen LogP contribution in [0.15, 0.2) is 30.5 Å². The normalized spacial score (nSPS) is 21.1. The average Bonchev–Trinajstić information content (AvgIpc) is 2.90. The molecule has 0 saturated carbocycles. The fourth-order valence-electron chi connectivity index (χ4n) is 4.17. The number of nitrogens with zero attached hydrogens (tertiary/aromatic N) is 2. The summed E-state index contributed by atoms with van der Waals surface area (Å²) in [5.74, 6) is -0.497. The molecule has 0 aliphatic carbocycles. The lowest BCUT2D eigenvalue weighted by atomic mass is 9.95. The summed E-state index contributed by atoms with van der Waals surface area (Å²) in [7, 11) is 0. The van der Waals surface area contributed by atoms with Crippen LogP contribution in [0.2, 0.25) is 0 Å². The Bertz CT molecular complexity index is 912. The third-order valence-electron chi connectivity index (χ3n) is 5.36. The molecule has 142 valence electrons. The van der Waals surface area contributed by atoms with Gasteiger partial charge in [-0.1, -0.05) is 0 Å². The number of alkyl halides is 3. The molecule has 1 N–H and O–H groups in total. The molecule has 4 nitrogen and oxygen atoms in total. The number of aryl methyl sites for hydroxylation is 1. The Kier molecular flexibility index (Phi) is 4.09. The van der Waals surface area contributed by atoms with Crippen LogP contribution in [0.5, 0.6) is 0 Å². The number of pyridine rings is 1. The molecule has 3 heterocycles. The van der Waals surface area contributed by atoms with Crippen molar-refractivity contribution in [3.05, 3.63) is 58.7 Å². The number of carbonyl (C=O) groups is 1. The zero-order valence-electron chi connectivity index (χ0n) is 14.5. The molecule has 2 amide bonds. The molecule has 2 unspecified atom stereocenters. The van der Waals surface area contributed by atoms with Gasteiger partial charge in [0.1, 0.15) is 0 Å². The van der Waals surface area contributed by atoms with Gasteiger partial charge < -0.3 is 10.2 Å². The maximum atomic E-state index is 14.0. The number of anilines is 1. The summed E-state index contributed by atoms with van der Waals surface area (Å²) in [6.45, 7) is 1.36. The summed E-state index contributed by atoms with van der Waals surface area (Å²) in [6.07, 6.45) is -1.17. The minimum Gasteiger partial charge on any atom is -0.314 e. The Labute approximate surface area is 153 Å². The highest BCUT2D eigenvalue weighted by Crippen LogP contribution is 2.44. The zero-order chi connectivity index (χ0) is 19.3. The van der Waals surface area contributed by atoms with Crippen molar-refractivity contribution in [2.45, 2.75) is 44.4 Å². The van der Waals surface area contributed by atoms with Crippen LogP contribution in [0.25, 0.3) is 0 Å². The van der Waals surface area contributed by atoms with Crippen LogP contribution in [0, 0.1) is 12.9 Å². The lowest BCUT2D eigenvalue weighted by Gasteiger charge is -2.36. The topological polar surface area (TPSA) is 45.2 Å². The Hall–Kier alpha value is -2.64. The van der Waals surface area contributed by atoms with Gasteiger partial charge in [-0.2, -0.15) is 17.6 Å². The molecule has 1 aromatic carbocycles. The summed E-state index contributed by atoms with van der Waals surface area (Å²) in [5.41, 5.74) is 0.932. The van der Waals surface area contributed by atoms with Gasteiger partial charge in [0.05, 0.1) is 11.6 Å². The van der Waals surface area contributed by atoms with Gasteiger partial charge in [0.25, 0.3) is 0 Å². The predicted octanol–water partition coefficient (Wildman–Crippen LogP) is 4.84. The first-order valence-electron chi connectivity index (χ1n) is 8.66. The van der Waals surface area contributed by atoms with Crippen molar-refractivity contribution >= 4 is 11.7 Å². The number of fused-ring (bicyclic) bond motifs is 4. The van der Waals surface area contributed by atoms with Crippen molar-refractivity contribution in [3.63, 3.8) is 0 Å². The van der Waals surface area contributed by atoms with E-state index < -0.39 is 17.7 Å². The number of hydrogen-bond donors (Lipinski definition) is 1. The lowest BCUT2D eigenvalue weighted by molar-refractivity contribution is -0.138. The van der Waals surface area contributed by atoms with Crippen LogP contribution in [-0.2, 0) is 12.6 Å². The second-order valence-corrected chi connectivity index (χ2v) is 6.99. The number of benzene rings is 1. The fraction of sp³-hybridized carbons (Fsp3) is 0.368. The first kappa shape index (κ1) is 17.8. The van der Waals surface area contributed by atoms with Gasteiger partial charge in [-0.05, 0) is 61.6 Å². The van der Waals surface area contributed by atoms with Crippen LogP contribution in [0.1, 0.15) is 41.1 Å².